The third-order valence-corrected chi connectivity index (χ3v) is 3.75. The number of carbonyl (C=O) groups excluding carboxylic acids is 1. The number of rotatable bonds is 15. The Morgan fingerprint density at radius 2 is 1.23 bits per heavy atom. The van der Waals surface area contributed by atoms with Crippen LogP contribution < -0.4 is 0 Å². The maximum Gasteiger partial charge on any atom is 0.305 e. The lowest BCUT2D eigenvalue weighted by molar-refractivity contribution is -0.143. The van der Waals surface area contributed by atoms with Gasteiger partial charge in [0.25, 0.3) is 0 Å². The highest BCUT2D eigenvalue weighted by atomic mass is 16.5. The minimum Gasteiger partial charge on any atom is -0.466 e. The van der Waals surface area contributed by atoms with E-state index >= 15 is 0 Å². The fourth-order valence-corrected chi connectivity index (χ4v) is 2.37. The van der Waals surface area contributed by atoms with Gasteiger partial charge in [-0.25, -0.2) is 0 Å². The molecule has 0 amide bonds. The lowest BCUT2D eigenvalue weighted by Crippen LogP contribution is -2.05. The van der Waals surface area contributed by atoms with Crippen molar-refractivity contribution in [3.05, 3.63) is 24.3 Å². The molecule has 128 valence electrons. The van der Waals surface area contributed by atoms with Gasteiger partial charge in [-0.3, -0.25) is 4.79 Å². The summed E-state index contributed by atoms with van der Waals surface area (Å²) in [6.45, 7) is 4.73. The van der Waals surface area contributed by atoms with Crippen LogP contribution in [0.2, 0.25) is 0 Å². The van der Waals surface area contributed by atoms with E-state index in [1.807, 2.05) is 0 Å². The van der Waals surface area contributed by atoms with Gasteiger partial charge in [-0.1, -0.05) is 56.4 Å². The number of hydrogen-bond donors (Lipinski definition) is 0. The molecule has 0 fully saturated rings. The van der Waals surface area contributed by atoms with Crippen molar-refractivity contribution in [1.29, 1.82) is 0 Å². The van der Waals surface area contributed by atoms with Gasteiger partial charge in [0.2, 0.25) is 0 Å². The first-order valence-electron chi connectivity index (χ1n) is 9.19. The normalized spacial score (nSPS) is 11.5. The smallest absolute Gasteiger partial charge is 0.305 e. The summed E-state index contributed by atoms with van der Waals surface area (Å²) in [6, 6.07) is 0. The summed E-state index contributed by atoms with van der Waals surface area (Å²) in [7, 11) is 0. The number of allylic oxidation sites excluding steroid dienone is 4. The Labute approximate surface area is 138 Å². The van der Waals surface area contributed by atoms with Crippen molar-refractivity contribution in [2.45, 2.75) is 90.9 Å². The first-order chi connectivity index (χ1) is 10.8. The highest BCUT2D eigenvalue weighted by molar-refractivity contribution is 5.69. The van der Waals surface area contributed by atoms with Crippen LogP contribution in [0, 0.1) is 0 Å². The molecule has 2 nitrogen and oxygen atoms in total. The minimum absolute atomic E-state index is 0.0125. The highest BCUT2D eigenvalue weighted by Crippen LogP contribution is 2.08. The van der Waals surface area contributed by atoms with Crippen LogP contribution >= 0.6 is 0 Å². The van der Waals surface area contributed by atoms with E-state index in [1.54, 1.807) is 0 Å². The van der Waals surface area contributed by atoms with Crippen LogP contribution in [0.25, 0.3) is 0 Å². The third-order valence-electron chi connectivity index (χ3n) is 3.75. The second-order valence-electron chi connectivity index (χ2n) is 5.87. The predicted octanol–water partition coefficient (Wildman–Crippen LogP) is 6.36. The summed E-state index contributed by atoms with van der Waals surface area (Å²) in [5, 5.41) is 0. The molecule has 0 aliphatic heterocycles. The van der Waals surface area contributed by atoms with Crippen LogP contribution in [0.5, 0.6) is 0 Å². The molecular weight excluding hydrogens is 272 g/mol. The molecule has 0 aromatic carbocycles. The van der Waals surface area contributed by atoms with Gasteiger partial charge in [0.05, 0.1) is 6.61 Å². The lowest BCUT2D eigenvalue weighted by atomic mass is 10.1. The molecule has 0 N–H and O–H groups in total. The number of carbonyl (C=O) groups is 1. The fourth-order valence-electron chi connectivity index (χ4n) is 2.37. The summed E-state index contributed by atoms with van der Waals surface area (Å²) in [4.78, 5) is 11.5. The van der Waals surface area contributed by atoms with Gasteiger partial charge in [0.1, 0.15) is 0 Å². The van der Waals surface area contributed by atoms with E-state index in [2.05, 4.69) is 38.2 Å². The van der Waals surface area contributed by atoms with Gasteiger partial charge >= 0.3 is 5.97 Å². The zero-order valence-corrected chi connectivity index (χ0v) is 14.8. The van der Waals surface area contributed by atoms with Crippen LogP contribution in [-0.2, 0) is 9.53 Å². The third kappa shape index (κ3) is 17.0. The Morgan fingerprint density at radius 1 is 0.727 bits per heavy atom. The van der Waals surface area contributed by atoms with Crippen LogP contribution in [0.4, 0.5) is 0 Å². The van der Waals surface area contributed by atoms with E-state index in [0.717, 1.165) is 25.7 Å². The van der Waals surface area contributed by atoms with E-state index in [-0.39, 0.29) is 5.97 Å². The van der Waals surface area contributed by atoms with Crippen molar-refractivity contribution >= 4 is 5.97 Å². The van der Waals surface area contributed by atoms with Crippen molar-refractivity contribution in [2.24, 2.45) is 0 Å². The molecule has 0 radical (unpaired) electrons. The maximum atomic E-state index is 11.5. The highest BCUT2D eigenvalue weighted by Gasteiger charge is 2.02. The van der Waals surface area contributed by atoms with Crippen LogP contribution in [0.3, 0.4) is 0 Å². The van der Waals surface area contributed by atoms with Crippen molar-refractivity contribution in [2.75, 3.05) is 6.61 Å². The minimum atomic E-state index is -0.0125. The van der Waals surface area contributed by atoms with Gasteiger partial charge in [-0.2, -0.15) is 0 Å². The molecule has 0 rings (SSSR count). The monoisotopic (exact) mass is 308 g/mol. The molecule has 0 saturated carbocycles. The van der Waals surface area contributed by atoms with Crippen molar-refractivity contribution in [1.82, 2.24) is 0 Å². The average molecular weight is 309 g/mol. The summed E-state index contributed by atoms with van der Waals surface area (Å²) in [5.41, 5.74) is 0. The molecule has 0 aromatic heterocycles. The van der Waals surface area contributed by atoms with Crippen molar-refractivity contribution in [3.8, 4) is 0 Å². The molecule has 0 unspecified atom stereocenters. The maximum absolute atomic E-state index is 11.5. The lowest BCUT2D eigenvalue weighted by Gasteiger charge is -2.05. The first-order valence-corrected chi connectivity index (χ1v) is 9.19. The number of ether oxygens (including phenoxy) is 1. The molecule has 0 saturated heterocycles. The number of hydrogen-bond acceptors (Lipinski definition) is 2. The van der Waals surface area contributed by atoms with Crippen molar-refractivity contribution in [3.63, 3.8) is 0 Å². The quantitative estimate of drug-likeness (QED) is 0.200. The molecule has 0 spiro atoms. The Hall–Kier alpha value is -1.05. The van der Waals surface area contributed by atoms with Crippen LogP contribution in [0.15, 0.2) is 24.3 Å². The summed E-state index contributed by atoms with van der Waals surface area (Å²) in [6.07, 6.45) is 22.1. The first kappa shape index (κ1) is 20.9. The molecule has 0 aliphatic carbocycles. The molecule has 22 heavy (non-hydrogen) atoms. The second kappa shape index (κ2) is 18.0. The fraction of sp³-hybridized carbons (Fsp3) is 0.750. The van der Waals surface area contributed by atoms with Crippen LogP contribution in [-0.4, -0.2) is 12.6 Å². The van der Waals surface area contributed by atoms with Gasteiger partial charge < -0.3 is 4.74 Å². The SMILES string of the molecule is C/C=C/CCCCCCCOC(=O)CCCCCC/C=C/C. The zero-order valence-electron chi connectivity index (χ0n) is 14.8. The van der Waals surface area contributed by atoms with E-state index in [1.165, 1.54) is 44.9 Å². The molecule has 0 heterocycles. The second-order valence-corrected chi connectivity index (χ2v) is 5.87. The summed E-state index contributed by atoms with van der Waals surface area (Å²) >= 11 is 0. The standard InChI is InChI=1S/C20H36O2/c1-3-5-7-9-11-13-15-17-19-22-20(21)18-16-14-12-10-8-6-4-2/h3-6H,7-19H2,1-2H3/b5-3+,6-4+. The Bertz CT molecular complexity index is 292. The Balaban J connectivity index is 3.19. The molecule has 0 aliphatic rings. The summed E-state index contributed by atoms with van der Waals surface area (Å²) in [5.74, 6) is -0.0125. The van der Waals surface area contributed by atoms with Crippen LogP contribution in [0.1, 0.15) is 90.9 Å². The van der Waals surface area contributed by atoms with E-state index in [9.17, 15) is 4.79 Å². The van der Waals surface area contributed by atoms with Crippen molar-refractivity contribution < 1.29 is 9.53 Å². The van der Waals surface area contributed by atoms with Gasteiger partial charge in [-0.15, -0.1) is 0 Å². The van der Waals surface area contributed by atoms with E-state index in [0.29, 0.717) is 13.0 Å². The van der Waals surface area contributed by atoms with Gasteiger partial charge in [0.15, 0.2) is 0 Å². The largest absolute Gasteiger partial charge is 0.466 e. The Morgan fingerprint density at radius 3 is 1.82 bits per heavy atom. The van der Waals surface area contributed by atoms with Gasteiger partial charge in [0, 0.05) is 6.42 Å². The van der Waals surface area contributed by atoms with Gasteiger partial charge in [-0.05, 0) is 52.4 Å². The molecule has 0 atom stereocenters. The van der Waals surface area contributed by atoms with E-state index in [4.69, 9.17) is 4.74 Å². The molecular formula is C20H36O2. The zero-order chi connectivity index (χ0) is 16.3. The summed E-state index contributed by atoms with van der Waals surface area (Å²) < 4.78 is 5.27. The predicted molar refractivity (Wildman–Crippen MR) is 96.0 cm³/mol. The van der Waals surface area contributed by atoms with E-state index < -0.39 is 0 Å². The average Bonchev–Trinajstić information content (AvgIpc) is 2.52. The Kier molecular flexibility index (Phi) is 17.1. The topological polar surface area (TPSA) is 26.3 Å². The molecule has 0 bridgehead atoms. The number of unbranched alkanes of at least 4 members (excludes halogenated alkanes) is 9. The molecule has 2 heteroatoms. The molecule has 0 aromatic rings. The number of esters is 1.